The van der Waals surface area contributed by atoms with Crippen LogP contribution >= 0.6 is 0 Å². The molecule has 0 heterocycles. The van der Waals surface area contributed by atoms with Crippen molar-refractivity contribution < 1.29 is 4.74 Å². The van der Waals surface area contributed by atoms with E-state index in [-0.39, 0.29) is 6.04 Å². The lowest BCUT2D eigenvalue weighted by atomic mass is 9.89. The zero-order valence-corrected chi connectivity index (χ0v) is 9.86. The molecule has 0 aliphatic rings. The van der Waals surface area contributed by atoms with Crippen molar-refractivity contribution in [2.24, 2.45) is 11.7 Å². The number of rotatable bonds is 5. The summed E-state index contributed by atoms with van der Waals surface area (Å²) in [4.78, 5) is 0. The maximum atomic E-state index is 6.23. The van der Waals surface area contributed by atoms with Crippen LogP contribution in [0.2, 0.25) is 0 Å². The molecular formula is C13H21NO. The Hall–Kier alpha value is -1.02. The molecule has 0 aliphatic carbocycles. The Morgan fingerprint density at radius 2 is 1.93 bits per heavy atom. The molecule has 0 amide bonds. The summed E-state index contributed by atoms with van der Waals surface area (Å²) >= 11 is 0. The highest BCUT2D eigenvalue weighted by atomic mass is 16.5. The Labute approximate surface area is 92.4 Å². The SMILES string of the molecule is CCC(CC)C(N)c1cccc(OC)c1. The van der Waals surface area contributed by atoms with E-state index in [0.29, 0.717) is 5.92 Å². The van der Waals surface area contributed by atoms with E-state index in [1.807, 2.05) is 18.2 Å². The molecule has 15 heavy (non-hydrogen) atoms. The van der Waals surface area contributed by atoms with E-state index < -0.39 is 0 Å². The van der Waals surface area contributed by atoms with Gasteiger partial charge in [-0.25, -0.2) is 0 Å². The number of hydrogen-bond acceptors (Lipinski definition) is 2. The molecule has 0 aromatic heterocycles. The van der Waals surface area contributed by atoms with Gasteiger partial charge in [-0.05, 0) is 23.6 Å². The molecule has 1 unspecified atom stereocenters. The Morgan fingerprint density at radius 3 is 2.47 bits per heavy atom. The summed E-state index contributed by atoms with van der Waals surface area (Å²) in [6.45, 7) is 4.38. The van der Waals surface area contributed by atoms with E-state index >= 15 is 0 Å². The van der Waals surface area contributed by atoms with E-state index in [9.17, 15) is 0 Å². The number of methoxy groups -OCH3 is 1. The van der Waals surface area contributed by atoms with Crippen LogP contribution in [-0.2, 0) is 0 Å². The van der Waals surface area contributed by atoms with Crippen molar-refractivity contribution in [3.63, 3.8) is 0 Å². The molecule has 2 heteroatoms. The number of benzene rings is 1. The zero-order valence-electron chi connectivity index (χ0n) is 9.86. The quantitative estimate of drug-likeness (QED) is 0.805. The van der Waals surface area contributed by atoms with Crippen LogP contribution in [0.15, 0.2) is 24.3 Å². The van der Waals surface area contributed by atoms with E-state index in [2.05, 4.69) is 19.9 Å². The fraction of sp³-hybridized carbons (Fsp3) is 0.538. The molecule has 0 aliphatic heterocycles. The minimum Gasteiger partial charge on any atom is -0.497 e. The average molecular weight is 207 g/mol. The van der Waals surface area contributed by atoms with E-state index in [4.69, 9.17) is 10.5 Å². The van der Waals surface area contributed by atoms with E-state index in [1.165, 1.54) is 5.56 Å². The van der Waals surface area contributed by atoms with Gasteiger partial charge in [0, 0.05) is 6.04 Å². The highest BCUT2D eigenvalue weighted by molar-refractivity contribution is 5.30. The molecule has 0 saturated carbocycles. The molecule has 2 N–H and O–H groups in total. The molecule has 0 bridgehead atoms. The topological polar surface area (TPSA) is 35.2 Å². The van der Waals surface area contributed by atoms with E-state index in [0.717, 1.165) is 18.6 Å². The summed E-state index contributed by atoms with van der Waals surface area (Å²) in [6.07, 6.45) is 2.24. The first-order valence-corrected chi connectivity index (χ1v) is 5.62. The smallest absolute Gasteiger partial charge is 0.119 e. The normalized spacial score (nSPS) is 12.9. The van der Waals surface area contributed by atoms with Gasteiger partial charge in [-0.1, -0.05) is 38.8 Å². The van der Waals surface area contributed by atoms with Crippen molar-refractivity contribution in [2.75, 3.05) is 7.11 Å². The predicted octanol–water partition coefficient (Wildman–Crippen LogP) is 3.13. The van der Waals surface area contributed by atoms with Crippen LogP contribution in [0.4, 0.5) is 0 Å². The molecule has 0 saturated heterocycles. The van der Waals surface area contributed by atoms with Gasteiger partial charge in [-0.2, -0.15) is 0 Å². The number of nitrogens with two attached hydrogens (primary N) is 1. The van der Waals surface area contributed by atoms with Gasteiger partial charge < -0.3 is 10.5 Å². The van der Waals surface area contributed by atoms with Crippen LogP contribution < -0.4 is 10.5 Å². The Balaban J connectivity index is 2.84. The highest BCUT2D eigenvalue weighted by Crippen LogP contribution is 2.27. The van der Waals surface area contributed by atoms with Crippen molar-refractivity contribution in [1.82, 2.24) is 0 Å². The maximum Gasteiger partial charge on any atom is 0.119 e. The molecule has 1 aromatic carbocycles. The first-order valence-electron chi connectivity index (χ1n) is 5.62. The molecule has 0 spiro atoms. The van der Waals surface area contributed by atoms with Gasteiger partial charge in [0.05, 0.1) is 7.11 Å². The minimum atomic E-state index is 0.120. The summed E-state index contributed by atoms with van der Waals surface area (Å²) in [6, 6.07) is 8.17. The lowest BCUT2D eigenvalue weighted by Crippen LogP contribution is -2.20. The van der Waals surface area contributed by atoms with Gasteiger partial charge in [-0.3, -0.25) is 0 Å². The summed E-state index contributed by atoms with van der Waals surface area (Å²) in [7, 11) is 1.68. The van der Waals surface area contributed by atoms with Crippen LogP contribution in [0.1, 0.15) is 38.3 Å². The van der Waals surface area contributed by atoms with Crippen LogP contribution in [0.3, 0.4) is 0 Å². The fourth-order valence-corrected chi connectivity index (χ4v) is 1.92. The third-order valence-corrected chi connectivity index (χ3v) is 3.04. The van der Waals surface area contributed by atoms with Gasteiger partial charge in [0.1, 0.15) is 5.75 Å². The Kier molecular flexibility index (Phi) is 4.63. The zero-order chi connectivity index (χ0) is 11.3. The van der Waals surface area contributed by atoms with Crippen LogP contribution in [0, 0.1) is 5.92 Å². The molecule has 1 rings (SSSR count). The Morgan fingerprint density at radius 1 is 1.27 bits per heavy atom. The maximum absolute atomic E-state index is 6.23. The largest absolute Gasteiger partial charge is 0.497 e. The summed E-state index contributed by atoms with van der Waals surface area (Å²) < 4.78 is 5.20. The first kappa shape index (κ1) is 12.1. The van der Waals surface area contributed by atoms with Gasteiger partial charge in [0.25, 0.3) is 0 Å². The van der Waals surface area contributed by atoms with Crippen molar-refractivity contribution in [3.05, 3.63) is 29.8 Å². The van der Waals surface area contributed by atoms with Gasteiger partial charge in [0.2, 0.25) is 0 Å². The van der Waals surface area contributed by atoms with Crippen molar-refractivity contribution in [3.8, 4) is 5.75 Å². The molecule has 0 fully saturated rings. The molecule has 1 atom stereocenters. The highest BCUT2D eigenvalue weighted by Gasteiger charge is 2.16. The van der Waals surface area contributed by atoms with Crippen molar-refractivity contribution >= 4 is 0 Å². The van der Waals surface area contributed by atoms with Gasteiger partial charge in [-0.15, -0.1) is 0 Å². The van der Waals surface area contributed by atoms with Gasteiger partial charge >= 0.3 is 0 Å². The van der Waals surface area contributed by atoms with Crippen LogP contribution in [-0.4, -0.2) is 7.11 Å². The van der Waals surface area contributed by atoms with Gasteiger partial charge in [0.15, 0.2) is 0 Å². The fourth-order valence-electron chi connectivity index (χ4n) is 1.92. The summed E-state index contributed by atoms with van der Waals surface area (Å²) in [5.74, 6) is 1.44. The number of ether oxygens (including phenoxy) is 1. The summed E-state index contributed by atoms with van der Waals surface area (Å²) in [5.41, 5.74) is 7.40. The van der Waals surface area contributed by atoms with Crippen LogP contribution in [0.5, 0.6) is 5.75 Å². The summed E-state index contributed by atoms with van der Waals surface area (Å²) in [5, 5.41) is 0. The standard InChI is InChI=1S/C13H21NO/c1-4-10(5-2)13(14)11-7-6-8-12(9-11)15-3/h6-10,13H,4-5,14H2,1-3H3. The van der Waals surface area contributed by atoms with Crippen molar-refractivity contribution in [2.45, 2.75) is 32.7 Å². The second kappa shape index (κ2) is 5.76. The molecule has 2 nitrogen and oxygen atoms in total. The van der Waals surface area contributed by atoms with E-state index in [1.54, 1.807) is 7.11 Å². The lowest BCUT2D eigenvalue weighted by Gasteiger charge is -2.21. The van der Waals surface area contributed by atoms with Crippen molar-refractivity contribution in [1.29, 1.82) is 0 Å². The Bertz CT molecular complexity index is 294. The molecule has 0 radical (unpaired) electrons. The minimum absolute atomic E-state index is 0.120. The third kappa shape index (κ3) is 2.96. The van der Waals surface area contributed by atoms with Crippen LogP contribution in [0.25, 0.3) is 0 Å². The second-order valence-electron chi connectivity index (χ2n) is 3.88. The third-order valence-electron chi connectivity index (χ3n) is 3.04. The molecule has 1 aromatic rings. The average Bonchev–Trinajstić information content (AvgIpc) is 2.30. The first-order chi connectivity index (χ1) is 7.22. The monoisotopic (exact) mass is 207 g/mol. The lowest BCUT2D eigenvalue weighted by molar-refractivity contribution is 0.396. The predicted molar refractivity (Wildman–Crippen MR) is 64.0 cm³/mol. The second-order valence-corrected chi connectivity index (χ2v) is 3.88. The molecular weight excluding hydrogens is 186 g/mol. The molecule has 84 valence electrons. The number of hydrogen-bond donors (Lipinski definition) is 1.